The van der Waals surface area contributed by atoms with Crippen molar-refractivity contribution in [3.63, 3.8) is 0 Å². The largest absolute Gasteiger partial charge is 0.338 e. The van der Waals surface area contributed by atoms with Crippen LogP contribution in [0.5, 0.6) is 0 Å². The highest BCUT2D eigenvalue weighted by Gasteiger charge is 2.60. The van der Waals surface area contributed by atoms with Crippen molar-refractivity contribution in [3.05, 3.63) is 63.6 Å². The van der Waals surface area contributed by atoms with Crippen LogP contribution in [0.4, 0.5) is 5.69 Å². The highest BCUT2D eigenvalue weighted by Crippen LogP contribution is 2.44. The summed E-state index contributed by atoms with van der Waals surface area (Å²) in [7, 11) is 3.21. The van der Waals surface area contributed by atoms with E-state index in [1.54, 1.807) is 56.6 Å². The summed E-state index contributed by atoms with van der Waals surface area (Å²) in [5, 5.41) is 0.959. The fourth-order valence-electron chi connectivity index (χ4n) is 4.19. The van der Waals surface area contributed by atoms with Crippen molar-refractivity contribution in [1.82, 2.24) is 9.80 Å². The van der Waals surface area contributed by atoms with Gasteiger partial charge in [0.2, 0.25) is 11.6 Å². The van der Waals surface area contributed by atoms with E-state index >= 15 is 0 Å². The molecular formula is C21H19Cl2N3O3. The molecule has 0 bridgehead atoms. The summed E-state index contributed by atoms with van der Waals surface area (Å²) in [6.45, 7) is 0.224. The van der Waals surface area contributed by atoms with Gasteiger partial charge in [-0.15, -0.1) is 0 Å². The van der Waals surface area contributed by atoms with E-state index in [2.05, 4.69) is 0 Å². The summed E-state index contributed by atoms with van der Waals surface area (Å²) >= 11 is 12.2. The fourth-order valence-corrected chi connectivity index (χ4v) is 4.66. The SMILES string of the molecule is CN(Cc1ccc(Cl)cc1Cl)C(=O)[C@@]12CCC(=O)N1c1ccccc1C(=O)N2C. The molecule has 0 unspecified atom stereocenters. The number of rotatable bonds is 3. The molecule has 29 heavy (non-hydrogen) atoms. The molecule has 0 aliphatic carbocycles. The van der Waals surface area contributed by atoms with Gasteiger partial charge in [0.1, 0.15) is 0 Å². The first-order valence-corrected chi connectivity index (χ1v) is 9.92. The van der Waals surface area contributed by atoms with Crippen LogP contribution in [0.25, 0.3) is 0 Å². The lowest BCUT2D eigenvalue weighted by Crippen LogP contribution is -2.69. The summed E-state index contributed by atoms with van der Waals surface area (Å²) in [4.78, 5) is 43.8. The maximum absolute atomic E-state index is 13.7. The van der Waals surface area contributed by atoms with Gasteiger partial charge in [0, 0.05) is 43.5 Å². The summed E-state index contributed by atoms with van der Waals surface area (Å²) in [6, 6.07) is 12.0. The topological polar surface area (TPSA) is 60.9 Å². The smallest absolute Gasteiger partial charge is 0.270 e. The van der Waals surface area contributed by atoms with E-state index in [1.807, 2.05) is 0 Å². The van der Waals surface area contributed by atoms with Gasteiger partial charge in [0.15, 0.2) is 0 Å². The van der Waals surface area contributed by atoms with Gasteiger partial charge in [-0.05, 0) is 29.8 Å². The molecule has 0 aromatic heterocycles. The van der Waals surface area contributed by atoms with E-state index in [0.29, 0.717) is 21.3 Å². The van der Waals surface area contributed by atoms with Gasteiger partial charge in [0.25, 0.3) is 11.8 Å². The minimum absolute atomic E-state index is 0.178. The molecule has 8 heteroatoms. The van der Waals surface area contributed by atoms with E-state index < -0.39 is 5.66 Å². The number of carbonyl (C=O) groups excluding carboxylic acids is 3. The highest BCUT2D eigenvalue weighted by atomic mass is 35.5. The Bertz CT molecular complexity index is 1040. The van der Waals surface area contributed by atoms with Gasteiger partial charge in [-0.1, -0.05) is 41.4 Å². The summed E-state index contributed by atoms with van der Waals surface area (Å²) in [5.41, 5.74) is 0.238. The van der Waals surface area contributed by atoms with Gasteiger partial charge in [-0.3, -0.25) is 19.3 Å². The molecule has 1 atom stereocenters. The molecule has 2 heterocycles. The Balaban J connectivity index is 1.74. The third-order valence-electron chi connectivity index (χ3n) is 5.65. The Labute approximate surface area is 178 Å². The first kappa shape index (κ1) is 19.7. The van der Waals surface area contributed by atoms with Crippen molar-refractivity contribution in [1.29, 1.82) is 0 Å². The Hall–Kier alpha value is -2.57. The molecule has 3 amide bonds. The van der Waals surface area contributed by atoms with Crippen LogP contribution in [-0.4, -0.2) is 47.3 Å². The number of halogens is 2. The van der Waals surface area contributed by atoms with Gasteiger partial charge in [-0.25, -0.2) is 0 Å². The van der Waals surface area contributed by atoms with Crippen LogP contribution >= 0.6 is 23.2 Å². The van der Waals surface area contributed by atoms with Crippen molar-refractivity contribution < 1.29 is 14.4 Å². The van der Waals surface area contributed by atoms with Gasteiger partial charge in [-0.2, -0.15) is 0 Å². The Morgan fingerprint density at radius 3 is 2.62 bits per heavy atom. The van der Waals surface area contributed by atoms with Crippen LogP contribution in [0.3, 0.4) is 0 Å². The van der Waals surface area contributed by atoms with Crippen molar-refractivity contribution >= 4 is 46.6 Å². The molecule has 150 valence electrons. The normalized spacial score (nSPS) is 20.6. The molecule has 0 spiro atoms. The van der Waals surface area contributed by atoms with Crippen LogP contribution in [0.15, 0.2) is 42.5 Å². The lowest BCUT2D eigenvalue weighted by atomic mass is 9.95. The maximum Gasteiger partial charge on any atom is 0.270 e. The second-order valence-corrected chi connectivity index (χ2v) is 8.17. The molecule has 2 aromatic rings. The Kier molecular flexibility index (Phi) is 4.79. The number of anilines is 1. The molecule has 1 fully saturated rings. The number of nitrogens with zero attached hydrogens (tertiary/aromatic N) is 3. The summed E-state index contributed by atoms with van der Waals surface area (Å²) < 4.78 is 0. The third kappa shape index (κ3) is 2.90. The predicted molar refractivity (Wildman–Crippen MR) is 111 cm³/mol. The van der Waals surface area contributed by atoms with E-state index in [4.69, 9.17) is 23.2 Å². The minimum Gasteiger partial charge on any atom is -0.338 e. The summed E-state index contributed by atoms with van der Waals surface area (Å²) in [5.74, 6) is -0.791. The van der Waals surface area contributed by atoms with Crippen molar-refractivity contribution in [3.8, 4) is 0 Å². The monoisotopic (exact) mass is 431 g/mol. The zero-order valence-electron chi connectivity index (χ0n) is 16.0. The minimum atomic E-state index is -1.38. The summed E-state index contributed by atoms with van der Waals surface area (Å²) in [6.07, 6.45) is 0.424. The second kappa shape index (κ2) is 7.04. The van der Waals surface area contributed by atoms with Crippen LogP contribution in [0.2, 0.25) is 10.0 Å². The zero-order chi connectivity index (χ0) is 20.9. The first-order valence-electron chi connectivity index (χ1n) is 9.17. The fraction of sp³-hybridized carbons (Fsp3) is 0.286. The van der Waals surface area contributed by atoms with Crippen LogP contribution in [0, 0.1) is 0 Å². The molecule has 2 aromatic carbocycles. The molecule has 4 rings (SSSR count). The van der Waals surface area contributed by atoms with Crippen molar-refractivity contribution in [2.24, 2.45) is 0 Å². The number of hydrogen-bond donors (Lipinski definition) is 0. The van der Waals surface area contributed by atoms with Crippen molar-refractivity contribution in [2.45, 2.75) is 25.0 Å². The average molecular weight is 432 g/mol. The van der Waals surface area contributed by atoms with Gasteiger partial charge < -0.3 is 9.80 Å². The molecule has 0 saturated carbocycles. The Morgan fingerprint density at radius 2 is 1.90 bits per heavy atom. The lowest BCUT2D eigenvalue weighted by molar-refractivity contribution is -0.142. The molecule has 1 saturated heterocycles. The zero-order valence-corrected chi connectivity index (χ0v) is 17.5. The number of carbonyl (C=O) groups is 3. The molecular weight excluding hydrogens is 413 g/mol. The van der Waals surface area contributed by atoms with E-state index in [9.17, 15) is 14.4 Å². The van der Waals surface area contributed by atoms with Gasteiger partial charge in [0.05, 0.1) is 11.3 Å². The quantitative estimate of drug-likeness (QED) is 0.746. The lowest BCUT2D eigenvalue weighted by Gasteiger charge is -2.48. The molecule has 0 radical (unpaired) electrons. The Morgan fingerprint density at radius 1 is 1.17 bits per heavy atom. The number of likely N-dealkylation sites (N-methyl/N-ethyl adjacent to an activating group) is 2. The number of fused-ring (bicyclic) bond motifs is 3. The first-order chi connectivity index (χ1) is 13.8. The average Bonchev–Trinajstić information content (AvgIpc) is 3.06. The van der Waals surface area contributed by atoms with Gasteiger partial charge >= 0.3 is 0 Å². The molecule has 0 N–H and O–H groups in total. The number of benzene rings is 2. The second-order valence-electron chi connectivity index (χ2n) is 7.32. The highest BCUT2D eigenvalue weighted by molar-refractivity contribution is 6.35. The number of para-hydroxylation sites is 1. The van der Waals surface area contributed by atoms with Crippen LogP contribution in [0.1, 0.15) is 28.8 Å². The van der Waals surface area contributed by atoms with E-state index in [0.717, 1.165) is 5.56 Å². The molecule has 2 aliphatic heterocycles. The maximum atomic E-state index is 13.7. The van der Waals surface area contributed by atoms with E-state index in [1.165, 1.54) is 14.7 Å². The number of hydrogen-bond acceptors (Lipinski definition) is 3. The van der Waals surface area contributed by atoms with Crippen molar-refractivity contribution in [2.75, 3.05) is 19.0 Å². The van der Waals surface area contributed by atoms with E-state index in [-0.39, 0.29) is 37.1 Å². The molecule has 6 nitrogen and oxygen atoms in total. The van der Waals surface area contributed by atoms with Crippen LogP contribution < -0.4 is 4.90 Å². The third-order valence-corrected chi connectivity index (χ3v) is 6.24. The van der Waals surface area contributed by atoms with Crippen LogP contribution in [-0.2, 0) is 16.1 Å². The molecule has 2 aliphatic rings. The number of amides is 3. The standard InChI is InChI=1S/C21H19Cl2N3O3/c1-24(12-13-7-8-14(22)11-16(13)23)20(29)21-10-9-18(27)26(21)17-6-4-3-5-15(17)19(28)25(21)2/h3-8,11H,9-10,12H2,1-2H3/t21-/m1/s1. The predicted octanol–water partition coefficient (Wildman–Crippen LogP) is 3.56.